The van der Waals surface area contributed by atoms with Gasteiger partial charge in [-0.15, -0.1) is 0 Å². The SMILES string of the molecule is C=NC(C)(C)C(=O)OCCCC. The molecule has 0 spiro atoms. The Morgan fingerprint density at radius 2 is 2.17 bits per heavy atom. The first-order chi connectivity index (χ1) is 5.54. The van der Waals surface area contributed by atoms with Crippen molar-refractivity contribution in [2.75, 3.05) is 6.61 Å². The lowest BCUT2D eigenvalue weighted by molar-refractivity contribution is -0.148. The molecule has 0 saturated carbocycles. The zero-order valence-corrected chi connectivity index (χ0v) is 8.09. The van der Waals surface area contributed by atoms with Crippen LogP contribution >= 0.6 is 0 Å². The van der Waals surface area contributed by atoms with Gasteiger partial charge in [0.2, 0.25) is 0 Å². The number of hydrogen-bond donors (Lipinski definition) is 0. The number of ether oxygens (including phenoxy) is 1. The first kappa shape index (κ1) is 11.1. The first-order valence-corrected chi connectivity index (χ1v) is 4.19. The fraction of sp³-hybridized carbons (Fsp3) is 0.778. The van der Waals surface area contributed by atoms with Gasteiger partial charge in [-0.25, -0.2) is 4.79 Å². The van der Waals surface area contributed by atoms with E-state index in [9.17, 15) is 4.79 Å². The van der Waals surface area contributed by atoms with Crippen LogP contribution in [0.15, 0.2) is 4.99 Å². The van der Waals surface area contributed by atoms with Crippen molar-refractivity contribution in [1.29, 1.82) is 0 Å². The molecule has 12 heavy (non-hydrogen) atoms. The van der Waals surface area contributed by atoms with Gasteiger partial charge < -0.3 is 4.74 Å². The molecule has 0 aromatic carbocycles. The normalized spacial score (nSPS) is 10.9. The van der Waals surface area contributed by atoms with Crippen LogP contribution in [0.3, 0.4) is 0 Å². The summed E-state index contributed by atoms with van der Waals surface area (Å²) in [6.07, 6.45) is 1.92. The standard InChI is InChI=1S/C9H17NO2/c1-5-6-7-12-8(11)9(2,3)10-4/h4-7H2,1-3H3. The molecule has 0 aromatic rings. The Hall–Kier alpha value is -0.860. The van der Waals surface area contributed by atoms with Crippen molar-refractivity contribution in [3.63, 3.8) is 0 Å². The Morgan fingerprint density at radius 1 is 1.58 bits per heavy atom. The number of esters is 1. The molecule has 0 aliphatic rings. The van der Waals surface area contributed by atoms with Gasteiger partial charge in [-0.1, -0.05) is 13.3 Å². The van der Waals surface area contributed by atoms with Gasteiger partial charge in [-0.3, -0.25) is 4.99 Å². The van der Waals surface area contributed by atoms with Gasteiger partial charge in [-0.05, 0) is 27.0 Å². The maximum absolute atomic E-state index is 11.2. The smallest absolute Gasteiger partial charge is 0.333 e. The highest BCUT2D eigenvalue weighted by Gasteiger charge is 2.26. The van der Waals surface area contributed by atoms with E-state index in [4.69, 9.17) is 4.74 Å². The van der Waals surface area contributed by atoms with E-state index >= 15 is 0 Å². The molecule has 0 fully saturated rings. The van der Waals surface area contributed by atoms with E-state index in [1.165, 1.54) is 0 Å². The van der Waals surface area contributed by atoms with Crippen LogP contribution in [0.5, 0.6) is 0 Å². The van der Waals surface area contributed by atoms with Crippen molar-refractivity contribution in [2.45, 2.75) is 39.2 Å². The minimum absolute atomic E-state index is 0.300. The Balaban J connectivity index is 3.79. The minimum Gasteiger partial charge on any atom is -0.464 e. The Kier molecular flexibility index (Phi) is 4.55. The monoisotopic (exact) mass is 171 g/mol. The highest BCUT2D eigenvalue weighted by Crippen LogP contribution is 2.10. The molecular weight excluding hydrogens is 154 g/mol. The Bertz CT molecular complexity index is 164. The summed E-state index contributed by atoms with van der Waals surface area (Å²) in [7, 11) is 0. The van der Waals surface area contributed by atoms with Gasteiger partial charge in [0.05, 0.1) is 6.61 Å². The van der Waals surface area contributed by atoms with Crippen LogP contribution in [0, 0.1) is 0 Å². The predicted molar refractivity (Wildman–Crippen MR) is 49.5 cm³/mol. The molecule has 3 heteroatoms. The van der Waals surface area contributed by atoms with E-state index in [1.54, 1.807) is 13.8 Å². The van der Waals surface area contributed by atoms with Crippen LogP contribution in [0.4, 0.5) is 0 Å². The average Bonchev–Trinajstić information content (AvgIpc) is 2.05. The molecule has 0 aromatic heterocycles. The largest absolute Gasteiger partial charge is 0.464 e. The van der Waals surface area contributed by atoms with Crippen LogP contribution in [-0.2, 0) is 9.53 Å². The molecule has 0 N–H and O–H groups in total. The number of carbonyl (C=O) groups is 1. The fourth-order valence-electron chi connectivity index (χ4n) is 0.550. The predicted octanol–water partition coefficient (Wildman–Crippen LogP) is 1.81. The molecule has 0 bridgehead atoms. The van der Waals surface area contributed by atoms with Gasteiger partial charge in [0.1, 0.15) is 0 Å². The van der Waals surface area contributed by atoms with Crippen LogP contribution in [-0.4, -0.2) is 24.8 Å². The number of carbonyl (C=O) groups excluding carboxylic acids is 1. The van der Waals surface area contributed by atoms with E-state index < -0.39 is 5.54 Å². The van der Waals surface area contributed by atoms with Crippen LogP contribution in [0.2, 0.25) is 0 Å². The third kappa shape index (κ3) is 3.51. The maximum Gasteiger partial charge on any atom is 0.333 e. The number of rotatable bonds is 5. The topological polar surface area (TPSA) is 38.7 Å². The minimum atomic E-state index is -0.798. The Morgan fingerprint density at radius 3 is 2.58 bits per heavy atom. The van der Waals surface area contributed by atoms with Gasteiger partial charge in [0.15, 0.2) is 5.54 Å². The summed E-state index contributed by atoms with van der Waals surface area (Å²) >= 11 is 0. The van der Waals surface area contributed by atoms with Crippen molar-refractivity contribution >= 4 is 12.7 Å². The number of hydrogen-bond acceptors (Lipinski definition) is 3. The third-order valence-corrected chi connectivity index (χ3v) is 1.63. The van der Waals surface area contributed by atoms with E-state index in [-0.39, 0.29) is 5.97 Å². The molecule has 70 valence electrons. The summed E-state index contributed by atoms with van der Waals surface area (Å²) in [4.78, 5) is 14.9. The van der Waals surface area contributed by atoms with Crippen molar-refractivity contribution in [3.8, 4) is 0 Å². The van der Waals surface area contributed by atoms with Crippen molar-refractivity contribution in [1.82, 2.24) is 0 Å². The second-order valence-electron chi connectivity index (χ2n) is 3.21. The van der Waals surface area contributed by atoms with Gasteiger partial charge in [-0.2, -0.15) is 0 Å². The van der Waals surface area contributed by atoms with E-state index in [0.29, 0.717) is 6.61 Å². The summed E-state index contributed by atoms with van der Waals surface area (Å²) in [5, 5.41) is 0. The van der Waals surface area contributed by atoms with Crippen molar-refractivity contribution in [2.24, 2.45) is 4.99 Å². The molecule has 0 atom stereocenters. The lowest BCUT2D eigenvalue weighted by Crippen LogP contribution is -2.31. The lowest BCUT2D eigenvalue weighted by atomic mass is 10.1. The zero-order chi connectivity index (χ0) is 9.61. The van der Waals surface area contributed by atoms with Gasteiger partial charge >= 0.3 is 5.97 Å². The highest BCUT2D eigenvalue weighted by molar-refractivity contribution is 5.80. The summed E-state index contributed by atoms with van der Waals surface area (Å²) in [5.41, 5.74) is -0.798. The molecule has 0 aliphatic carbocycles. The second kappa shape index (κ2) is 4.91. The first-order valence-electron chi connectivity index (χ1n) is 4.19. The number of unbranched alkanes of at least 4 members (excludes halogenated alkanes) is 1. The molecule has 0 radical (unpaired) electrons. The van der Waals surface area contributed by atoms with Crippen LogP contribution in [0.1, 0.15) is 33.6 Å². The molecule has 0 saturated heterocycles. The van der Waals surface area contributed by atoms with Crippen LogP contribution < -0.4 is 0 Å². The summed E-state index contributed by atoms with van der Waals surface area (Å²) in [5.74, 6) is -0.300. The van der Waals surface area contributed by atoms with Crippen molar-refractivity contribution in [3.05, 3.63) is 0 Å². The van der Waals surface area contributed by atoms with E-state index in [0.717, 1.165) is 12.8 Å². The molecule has 0 heterocycles. The quantitative estimate of drug-likeness (QED) is 0.359. The van der Waals surface area contributed by atoms with E-state index in [2.05, 4.69) is 11.7 Å². The van der Waals surface area contributed by atoms with Crippen molar-refractivity contribution < 1.29 is 9.53 Å². The number of aliphatic imine (C=N–C) groups is 1. The van der Waals surface area contributed by atoms with Gasteiger partial charge in [0, 0.05) is 0 Å². The molecule has 0 aliphatic heterocycles. The average molecular weight is 171 g/mol. The molecular formula is C9H17NO2. The Labute approximate surface area is 73.8 Å². The molecule has 0 rings (SSSR count). The second-order valence-corrected chi connectivity index (χ2v) is 3.21. The highest BCUT2D eigenvalue weighted by atomic mass is 16.5. The summed E-state index contributed by atoms with van der Waals surface area (Å²) in [6, 6.07) is 0. The lowest BCUT2D eigenvalue weighted by Gasteiger charge is -2.16. The molecule has 0 amide bonds. The summed E-state index contributed by atoms with van der Waals surface area (Å²) < 4.78 is 4.97. The summed E-state index contributed by atoms with van der Waals surface area (Å²) in [6.45, 7) is 9.24. The third-order valence-electron chi connectivity index (χ3n) is 1.63. The maximum atomic E-state index is 11.2. The molecule has 0 unspecified atom stereocenters. The zero-order valence-electron chi connectivity index (χ0n) is 8.09. The fourth-order valence-corrected chi connectivity index (χ4v) is 0.550. The van der Waals surface area contributed by atoms with E-state index in [1.807, 2.05) is 6.92 Å². The molecule has 3 nitrogen and oxygen atoms in total. The van der Waals surface area contributed by atoms with Gasteiger partial charge in [0.25, 0.3) is 0 Å². The number of nitrogens with zero attached hydrogens (tertiary/aromatic N) is 1. The van der Waals surface area contributed by atoms with Crippen LogP contribution in [0.25, 0.3) is 0 Å².